The van der Waals surface area contributed by atoms with Crippen LogP contribution in [0.2, 0.25) is 0 Å². The van der Waals surface area contributed by atoms with E-state index in [0.717, 1.165) is 7.11 Å². The number of ether oxygens (including phenoxy) is 3. The monoisotopic (exact) mass is 226 g/mol. The van der Waals surface area contributed by atoms with Crippen LogP contribution in [-0.4, -0.2) is 53.5 Å². The number of esters is 1. The van der Waals surface area contributed by atoms with Gasteiger partial charge in [-0.1, -0.05) is 0 Å². The van der Waals surface area contributed by atoms with Crippen molar-refractivity contribution < 1.29 is 27.4 Å². The van der Waals surface area contributed by atoms with Crippen LogP contribution in [0.1, 0.15) is 0 Å². The molecule has 0 saturated carbocycles. The van der Waals surface area contributed by atoms with Crippen molar-refractivity contribution in [2.24, 2.45) is 0 Å². The molecule has 0 bridgehead atoms. The van der Waals surface area contributed by atoms with Crippen LogP contribution in [0.15, 0.2) is 0 Å². The third-order valence-corrected chi connectivity index (χ3v) is 2.94. The van der Waals surface area contributed by atoms with Crippen molar-refractivity contribution >= 4 is 15.8 Å². The average molecular weight is 226 g/mol. The first-order chi connectivity index (χ1) is 6.45. The van der Waals surface area contributed by atoms with E-state index in [1.807, 2.05) is 0 Å². The highest BCUT2D eigenvalue weighted by Gasteiger charge is 2.22. The third kappa shape index (κ3) is 5.15. The van der Waals surface area contributed by atoms with Crippen molar-refractivity contribution in [1.82, 2.24) is 0 Å². The second-order valence-corrected chi connectivity index (χ2v) is 4.64. The lowest BCUT2D eigenvalue weighted by Gasteiger charge is -2.12. The van der Waals surface area contributed by atoms with Gasteiger partial charge in [-0.15, -0.1) is 0 Å². The molecule has 0 aliphatic heterocycles. The largest absolute Gasteiger partial charge is 0.468 e. The fraction of sp³-hybridized carbons (Fsp3) is 0.857. The summed E-state index contributed by atoms with van der Waals surface area (Å²) < 4.78 is 36.2. The number of carbonyl (C=O) groups is 1. The molecule has 0 saturated heterocycles. The van der Waals surface area contributed by atoms with Gasteiger partial charge in [-0.25, -0.2) is 8.42 Å². The second-order valence-electron chi connectivity index (χ2n) is 2.53. The van der Waals surface area contributed by atoms with Crippen molar-refractivity contribution in [3.05, 3.63) is 0 Å². The summed E-state index contributed by atoms with van der Waals surface area (Å²) in [7, 11) is 0.229. The zero-order valence-corrected chi connectivity index (χ0v) is 9.17. The van der Waals surface area contributed by atoms with Crippen molar-refractivity contribution in [1.29, 1.82) is 0 Å². The molecule has 0 aliphatic carbocycles. The molecule has 0 aliphatic rings. The molecule has 14 heavy (non-hydrogen) atoms. The fourth-order valence-electron chi connectivity index (χ4n) is 0.737. The summed E-state index contributed by atoms with van der Waals surface area (Å²) >= 11 is 0. The third-order valence-electron chi connectivity index (χ3n) is 1.48. The normalized spacial score (nSPS) is 11.7. The zero-order valence-electron chi connectivity index (χ0n) is 8.35. The van der Waals surface area contributed by atoms with Gasteiger partial charge in [0, 0.05) is 14.2 Å². The SMILES string of the molecule is COC(=O)CS(=O)(=O)CC(OC)OC. The summed E-state index contributed by atoms with van der Waals surface area (Å²) in [5.74, 6) is -1.82. The van der Waals surface area contributed by atoms with E-state index in [-0.39, 0.29) is 5.75 Å². The minimum Gasteiger partial charge on any atom is -0.468 e. The van der Waals surface area contributed by atoms with Crippen molar-refractivity contribution in [2.75, 3.05) is 32.8 Å². The number of carbonyl (C=O) groups excluding carboxylic acids is 1. The van der Waals surface area contributed by atoms with Crippen LogP contribution in [0.5, 0.6) is 0 Å². The van der Waals surface area contributed by atoms with Crippen LogP contribution in [0.4, 0.5) is 0 Å². The summed E-state index contributed by atoms with van der Waals surface area (Å²) in [6.07, 6.45) is -0.857. The van der Waals surface area contributed by atoms with Gasteiger partial charge in [-0.2, -0.15) is 0 Å². The maximum absolute atomic E-state index is 11.3. The molecule has 0 fully saturated rings. The number of rotatable bonds is 6. The molecule has 7 heteroatoms. The first-order valence-corrected chi connectivity index (χ1v) is 5.60. The Bertz CT molecular complexity index is 266. The predicted octanol–water partition coefficient (Wildman–Crippen LogP) is -0.807. The number of methoxy groups -OCH3 is 3. The summed E-state index contributed by atoms with van der Waals surface area (Å²) in [5, 5.41) is 0. The molecule has 6 nitrogen and oxygen atoms in total. The topological polar surface area (TPSA) is 78.9 Å². The molecule has 0 atom stereocenters. The van der Waals surface area contributed by atoms with Crippen molar-refractivity contribution in [3.63, 3.8) is 0 Å². The van der Waals surface area contributed by atoms with E-state index in [4.69, 9.17) is 9.47 Å². The maximum Gasteiger partial charge on any atom is 0.320 e. The van der Waals surface area contributed by atoms with E-state index in [9.17, 15) is 13.2 Å². The lowest BCUT2D eigenvalue weighted by molar-refractivity contribution is -0.137. The maximum atomic E-state index is 11.3. The highest BCUT2D eigenvalue weighted by atomic mass is 32.2. The molecule has 0 heterocycles. The standard InChI is InChI=1S/C7H14O6S/c1-11-6(8)4-14(9,10)5-7(12-2)13-3/h7H,4-5H2,1-3H3. The first kappa shape index (κ1) is 13.3. The average Bonchev–Trinajstić information content (AvgIpc) is 2.13. The quantitative estimate of drug-likeness (QED) is 0.435. The van der Waals surface area contributed by atoms with E-state index in [1.165, 1.54) is 14.2 Å². The lowest BCUT2D eigenvalue weighted by atomic mass is 10.7. The molecule has 0 aromatic carbocycles. The number of sulfone groups is 1. The zero-order chi connectivity index (χ0) is 11.2. The highest BCUT2D eigenvalue weighted by molar-refractivity contribution is 7.92. The summed E-state index contributed by atoms with van der Waals surface area (Å²) in [5.41, 5.74) is 0. The highest BCUT2D eigenvalue weighted by Crippen LogP contribution is 2.00. The van der Waals surface area contributed by atoms with Gasteiger partial charge in [0.05, 0.1) is 7.11 Å². The minimum atomic E-state index is -3.54. The molecule has 0 rings (SSSR count). The Labute approximate surface area is 83.1 Å². The van der Waals surface area contributed by atoms with Gasteiger partial charge in [0.2, 0.25) is 0 Å². The number of hydrogen-bond acceptors (Lipinski definition) is 6. The Hall–Kier alpha value is -0.660. The molecule has 0 aromatic rings. The van der Waals surface area contributed by atoms with E-state index in [1.54, 1.807) is 0 Å². The number of hydrogen-bond donors (Lipinski definition) is 0. The Kier molecular flexibility index (Phi) is 5.66. The molecule has 0 unspecified atom stereocenters. The van der Waals surface area contributed by atoms with Crippen LogP contribution in [-0.2, 0) is 28.8 Å². The Balaban J connectivity index is 4.27. The smallest absolute Gasteiger partial charge is 0.320 e. The van der Waals surface area contributed by atoms with Crippen LogP contribution in [0.3, 0.4) is 0 Å². The van der Waals surface area contributed by atoms with Crippen LogP contribution < -0.4 is 0 Å². The Morgan fingerprint density at radius 3 is 2.07 bits per heavy atom. The van der Waals surface area contributed by atoms with Gasteiger partial charge >= 0.3 is 5.97 Å². The fourth-order valence-corrected chi connectivity index (χ4v) is 2.02. The molecular weight excluding hydrogens is 212 g/mol. The molecule has 0 amide bonds. The van der Waals surface area contributed by atoms with Gasteiger partial charge in [-0.05, 0) is 0 Å². The van der Waals surface area contributed by atoms with Crippen LogP contribution in [0.25, 0.3) is 0 Å². The second kappa shape index (κ2) is 5.94. The summed E-state index contributed by atoms with van der Waals surface area (Å²) in [6.45, 7) is 0. The molecular formula is C7H14O6S. The van der Waals surface area contributed by atoms with E-state index in [2.05, 4.69) is 4.74 Å². The minimum absolute atomic E-state index is 0.366. The van der Waals surface area contributed by atoms with E-state index < -0.39 is 27.8 Å². The van der Waals surface area contributed by atoms with Crippen LogP contribution >= 0.6 is 0 Å². The van der Waals surface area contributed by atoms with Crippen molar-refractivity contribution in [3.8, 4) is 0 Å². The lowest BCUT2D eigenvalue weighted by Crippen LogP contribution is -2.29. The van der Waals surface area contributed by atoms with Gasteiger partial charge in [0.15, 0.2) is 16.1 Å². The van der Waals surface area contributed by atoms with Gasteiger partial charge in [0.25, 0.3) is 0 Å². The van der Waals surface area contributed by atoms with Gasteiger partial charge < -0.3 is 14.2 Å². The molecule has 0 aromatic heterocycles. The molecule has 0 radical (unpaired) electrons. The first-order valence-electron chi connectivity index (χ1n) is 3.78. The molecule has 84 valence electrons. The summed E-state index contributed by atoms with van der Waals surface area (Å²) in [6, 6.07) is 0. The molecule has 0 spiro atoms. The van der Waals surface area contributed by atoms with Gasteiger partial charge in [0.1, 0.15) is 11.5 Å². The molecule has 0 N–H and O–H groups in total. The van der Waals surface area contributed by atoms with Gasteiger partial charge in [-0.3, -0.25) is 4.79 Å². The van der Waals surface area contributed by atoms with Crippen molar-refractivity contribution in [2.45, 2.75) is 6.29 Å². The predicted molar refractivity (Wildman–Crippen MR) is 48.5 cm³/mol. The summed E-state index contributed by atoms with van der Waals surface area (Å²) in [4.78, 5) is 10.7. The van der Waals surface area contributed by atoms with Crippen LogP contribution in [0, 0.1) is 0 Å². The Morgan fingerprint density at radius 2 is 1.71 bits per heavy atom. The van der Waals surface area contributed by atoms with E-state index >= 15 is 0 Å². The van der Waals surface area contributed by atoms with E-state index in [0.29, 0.717) is 0 Å². The Morgan fingerprint density at radius 1 is 1.21 bits per heavy atom.